The molecule has 2 heterocycles. The predicted molar refractivity (Wildman–Crippen MR) is 97.5 cm³/mol. The summed E-state index contributed by atoms with van der Waals surface area (Å²) in [7, 11) is 1.65. The van der Waals surface area contributed by atoms with Crippen LogP contribution in [0.15, 0.2) is 36.4 Å². The maximum atomic E-state index is 14.0. The molecule has 1 N–H and O–H groups in total. The zero-order valence-electron chi connectivity index (χ0n) is 15.2. The molecule has 0 atom stereocenters. The van der Waals surface area contributed by atoms with Gasteiger partial charge >= 0.3 is 0 Å². The number of carbonyl (C=O) groups is 1. The minimum atomic E-state index is -0.626. The lowest BCUT2D eigenvalue weighted by Gasteiger charge is -2.45. The van der Waals surface area contributed by atoms with Gasteiger partial charge in [0.2, 0.25) is 0 Å². The van der Waals surface area contributed by atoms with E-state index in [9.17, 15) is 14.3 Å². The van der Waals surface area contributed by atoms with Crippen LogP contribution < -0.4 is 4.74 Å². The first kappa shape index (κ1) is 17.8. The summed E-state index contributed by atoms with van der Waals surface area (Å²) < 4.78 is 25.8. The Morgan fingerprint density at radius 3 is 2.78 bits per heavy atom. The third-order valence-corrected chi connectivity index (χ3v) is 5.58. The normalized spacial score (nSPS) is 18.2. The van der Waals surface area contributed by atoms with E-state index >= 15 is 0 Å². The maximum Gasteiger partial charge on any atom is 0.256 e. The molecule has 1 fully saturated rings. The molecule has 2 aromatic carbocycles. The molecule has 1 saturated heterocycles. The molecule has 0 bridgehead atoms. The average molecular weight is 371 g/mol. The molecule has 1 amide bonds. The van der Waals surface area contributed by atoms with Crippen LogP contribution in [-0.4, -0.2) is 42.7 Å². The SMILES string of the molecule is COc1cccc2c1C1(CCN(C(=O)c3cc(O)ccc3F)CC1)OCC2. The number of halogens is 1. The van der Waals surface area contributed by atoms with Crippen LogP contribution in [0.5, 0.6) is 11.5 Å². The van der Waals surface area contributed by atoms with Gasteiger partial charge in [-0.25, -0.2) is 4.39 Å². The van der Waals surface area contributed by atoms with E-state index in [1.807, 2.05) is 12.1 Å². The second kappa shape index (κ2) is 6.85. The van der Waals surface area contributed by atoms with Gasteiger partial charge in [-0.05, 0) is 49.1 Å². The number of phenols is 1. The van der Waals surface area contributed by atoms with Crippen molar-refractivity contribution in [3.8, 4) is 11.5 Å². The summed E-state index contributed by atoms with van der Waals surface area (Å²) in [6, 6.07) is 9.55. The summed E-state index contributed by atoms with van der Waals surface area (Å²) in [6.07, 6.45) is 2.07. The topological polar surface area (TPSA) is 59.0 Å². The van der Waals surface area contributed by atoms with E-state index < -0.39 is 17.3 Å². The molecular formula is C21H22FNO4. The van der Waals surface area contributed by atoms with E-state index in [1.54, 1.807) is 12.0 Å². The smallest absolute Gasteiger partial charge is 0.256 e. The fourth-order valence-corrected chi connectivity index (χ4v) is 4.21. The Balaban J connectivity index is 1.58. The van der Waals surface area contributed by atoms with Gasteiger partial charge < -0.3 is 19.5 Å². The van der Waals surface area contributed by atoms with Crippen LogP contribution in [0.3, 0.4) is 0 Å². The Bertz CT molecular complexity index is 860. The maximum absolute atomic E-state index is 14.0. The zero-order chi connectivity index (χ0) is 19.0. The van der Waals surface area contributed by atoms with Crippen LogP contribution in [0.2, 0.25) is 0 Å². The summed E-state index contributed by atoms with van der Waals surface area (Å²) in [5.74, 6) is -0.346. The molecule has 0 unspecified atom stereocenters. The number of methoxy groups -OCH3 is 1. The van der Waals surface area contributed by atoms with Crippen molar-refractivity contribution >= 4 is 5.91 Å². The van der Waals surface area contributed by atoms with Crippen molar-refractivity contribution in [2.24, 2.45) is 0 Å². The molecule has 0 saturated carbocycles. The summed E-state index contributed by atoms with van der Waals surface area (Å²) in [5, 5.41) is 9.58. The number of likely N-dealkylation sites (tertiary alicyclic amines) is 1. The van der Waals surface area contributed by atoms with Gasteiger partial charge in [-0.1, -0.05) is 12.1 Å². The van der Waals surface area contributed by atoms with Crippen LogP contribution in [0.1, 0.15) is 34.3 Å². The van der Waals surface area contributed by atoms with E-state index in [0.717, 1.165) is 23.8 Å². The Hall–Kier alpha value is -2.60. The molecule has 0 radical (unpaired) electrons. The highest BCUT2D eigenvalue weighted by Crippen LogP contribution is 2.46. The Labute approximate surface area is 157 Å². The molecule has 27 heavy (non-hydrogen) atoms. The van der Waals surface area contributed by atoms with Gasteiger partial charge in [0.05, 0.1) is 19.3 Å². The van der Waals surface area contributed by atoms with Crippen molar-refractivity contribution in [3.63, 3.8) is 0 Å². The first-order valence-corrected chi connectivity index (χ1v) is 9.12. The molecule has 5 nitrogen and oxygen atoms in total. The van der Waals surface area contributed by atoms with E-state index in [2.05, 4.69) is 6.07 Å². The molecule has 0 aromatic heterocycles. The Morgan fingerprint density at radius 2 is 2.04 bits per heavy atom. The number of hydrogen-bond donors (Lipinski definition) is 1. The Kier molecular flexibility index (Phi) is 4.52. The lowest BCUT2D eigenvalue weighted by atomic mass is 9.78. The summed E-state index contributed by atoms with van der Waals surface area (Å²) >= 11 is 0. The van der Waals surface area contributed by atoms with Crippen LogP contribution in [-0.2, 0) is 16.8 Å². The molecule has 2 aromatic rings. The van der Waals surface area contributed by atoms with Crippen molar-refractivity contribution in [1.29, 1.82) is 0 Å². The van der Waals surface area contributed by atoms with E-state index in [-0.39, 0.29) is 11.3 Å². The molecule has 142 valence electrons. The largest absolute Gasteiger partial charge is 0.508 e. The molecule has 4 rings (SSSR count). The average Bonchev–Trinajstić information content (AvgIpc) is 2.70. The van der Waals surface area contributed by atoms with Crippen LogP contribution in [0.25, 0.3) is 0 Å². The number of phenolic OH excluding ortho intramolecular Hbond substituents is 1. The van der Waals surface area contributed by atoms with Crippen molar-refractivity contribution in [1.82, 2.24) is 4.90 Å². The van der Waals surface area contributed by atoms with Crippen molar-refractivity contribution in [3.05, 3.63) is 58.9 Å². The standard InChI is InChI=1S/C21H22FNO4/c1-26-18-4-2-3-14-7-12-27-21(19(14)18)8-10-23(11-9-21)20(25)16-13-15(24)5-6-17(16)22/h2-6,13,24H,7-12H2,1H3. The van der Waals surface area contributed by atoms with Crippen LogP contribution >= 0.6 is 0 Å². The van der Waals surface area contributed by atoms with Gasteiger partial charge in [-0.3, -0.25) is 4.79 Å². The second-order valence-corrected chi connectivity index (χ2v) is 7.04. The van der Waals surface area contributed by atoms with Crippen molar-refractivity contribution in [2.45, 2.75) is 24.9 Å². The van der Waals surface area contributed by atoms with Crippen molar-refractivity contribution < 1.29 is 23.8 Å². The number of ether oxygens (including phenoxy) is 2. The number of carbonyl (C=O) groups excluding carboxylic acids is 1. The Morgan fingerprint density at radius 1 is 1.26 bits per heavy atom. The van der Waals surface area contributed by atoms with Gasteiger partial charge in [-0.15, -0.1) is 0 Å². The fraction of sp³-hybridized carbons (Fsp3) is 0.381. The number of fused-ring (bicyclic) bond motifs is 2. The number of amides is 1. The molecule has 2 aliphatic rings. The predicted octanol–water partition coefficient (Wildman–Crippen LogP) is 3.24. The van der Waals surface area contributed by atoms with Gasteiger partial charge in [0.25, 0.3) is 5.91 Å². The number of piperidine rings is 1. The number of hydrogen-bond acceptors (Lipinski definition) is 4. The molecule has 1 spiro atoms. The minimum absolute atomic E-state index is 0.103. The summed E-state index contributed by atoms with van der Waals surface area (Å²) in [4.78, 5) is 14.3. The highest BCUT2D eigenvalue weighted by atomic mass is 19.1. The van der Waals surface area contributed by atoms with Crippen LogP contribution in [0.4, 0.5) is 4.39 Å². The van der Waals surface area contributed by atoms with Gasteiger partial charge in [0, 0.05) is 18.7 Å². The lowest BCUT2D eigenvalue weighted by molar-refractivity contribution is -0.0947. The van der Waals surface area contributed by atoms with Gasteiger partial charge in [-0.2, -0.15) is 0 Å². The lowest BCUT2D eigenvalue weighted by Crippen LogP contribution is -2.48. The number of aromatic hydroxyl groups is 1. The first-order valence-electron chi connectivity index (χ1n) is 9.12. The number of nitrogens with zero attached hydrogens (tertiary/aromatic N) is 1. The van der Waals surface area contributed by atoms with E-state index in [0.29, 0.717) is 32.5 Å². The highest BCUT2D eigenvalue weighted by Gasteiger charge is 2.43. The van der Waals surface area contributed by atoms with Gasteiger partial charge in [0.1, 0.15) is 22.9 Å². The summed E-state index contributed by atoms with van der Waals surface area (Å²) in [6.45, 7) is 1.53. The minimum Gasteiger partial charge on any atom is -0.508 e. The summed E-state index contributed by atoms with van der Waals surface area (Å²) in [5.41, 5.74) is 1.72. The fourth-order valence-electron chi connectivity index (χ4n) is 4.21. The number of rotatable bonds is 2. The van der Waals surface area contributed by atoms with E-state index in [1.165, 1.54) is 17.7 Å². The highest BCUT2D eigenvalue weighted by molar-refractivity contribution is 5.95. The second-order valence-electron chi connectivity index (χ2n) is 7.04. The first-order chi connectivity index (χ1) is 13.0. The van der Waals surface area contributed by atoms with Gasteiger partial charge in [0.15, 0.2) is 0 Å². The molecular weight excluding hydrogens is 349 g/mol. The molecule has 0 aliphatic carbocycles. The quantitative estimate of drug-likeness (QED) is 0.881. The third kappa shape index (κ3) is 3.04. The third-order valence-electron chi connectivity index (χ3n) is 5.58. The van der Waals surface area contributed by atoms with E-state index in [4.69, 9.17) is 9.47 Å². The monoisotopic (exact) mass is 371 g/mol. The zero-order valence-corrected chi connectivity index (χ0v) is 15.2. The number of benzene rings is 2. The molecule has 2 aliphatic heterocycles. The van der Waals surface area contributed by atoms with Crippen molar-refractivity contribution in [2.75, 3.05) is 26.8 Å². The van der Waals surface area contributed by atoms with Crippen LogP contribution in [0, 0.1) is 5.82 Å². The molecule has 6 heteroatoms.